The molecule has 0 spiro atoms. The lowest BCUT2D eigenvalue weighted by molar-refractivity contribution is -0.121. The van der Waals surface area contributed by atoms with Gasteiger partial charge in [-0.15, -0.1) is 12.4 Å². The zero-order valence-corrected chi connectivity index (χ0v) is 17.4. The summed E-state index contributed by atoms with van der Waals surface area (Å²) in [6.07, 6.45) is 2.14. The van der Waals surface area contributed by atoms with Gasteiger partial charge >= 0.3 is 0 Å². The molecule has 152 valence electrons. The number of hydrogen-bond donors (Lipinski definition) is 2. The standard InChI is InChI=1S/C20H24N2O4S.ClH/c1-27(24,25)19-8-6-18(7-9-19)26-10-2-3-20(23)22-12-15-4-5-16-13-21-14-17(16)11-15;/h4-9,11,21H,2-3,10,12-14H2,1H3,(H,22,23);1H. The highest BCUT2D eigenvalue weighted by molar-refractivity contribution is 7.90. The summed E-state index contributed by atoms with van der Waals surface area (Å²) < 4.78 is 28.4. The fraction of sp³-hybridized carbons (Fsp3) is 0.350. The third-order valence-corrected chi connectivity index (χ3v) is 5.59. The number of nitrogens with one attached hydrogen (secondary N) is 2. The Labute approximate surface area is 172 Å². The van der Waals surface area contributed by atoms with E-state index in [1.807, 2.05) is 0 Å². The molecule has 0 radical (unpaired) electrons. The van der Waals surface area contributed by atoms with Gasteiger partial charge in [0.25, 0.3) is 0 Å². The van der Waals surface area contributed by atoms with Gasteiger partial charge in [-0.2, -0.15) is 0 Å². The average Bonchev–Trinajstić information content (AvgIpc) is 3.11. The monoisotopic (exact) mass is 424 g/mol. The van der Waals surface area contributed by atoms with Gasteiger partial charge in [0.05, 0.1) is 11.5 Å². The van der Waals surface area contributed by atoms with Crippen molar-refractivity contribution < 1.29 is 17.9 Å². The number of hydrogen-bond acceptors (Lipinski definition) is 5. The van der Waals surface area contributed by atoms with Gasteiger partial charge in [-0.3, -0.25) is 4.79 Å². The van der Waals surface area contributed by atoms with E-state index in [4.69, 9.17) is 4.74 Å². The summed E-state index contributed by atoms with van der Waals surface area (Å²) in [6.45, 7) is 2.73. The van der Waals surface area contributed by atoms with Crippen molar-refractivity contribution in [1.29, 1.82) is 0 Å². The van der Waals surface area contributed by atoms with E-state index in [9.17, 15) is 13.2 Å². The first-order chi connectivity index (χ1) is 12.9. The Balaban J connectivity index is 0.00000280. The summed E-state index contributed by atoms with van der Waals surface area (Å²) in [5.41, 5.74) is 3.73. The van der Waals surface area contributed by atoms with E-state index in [1.165, 1.54) is 29.5 Å². The third-order valence-electron chi connectivity index (χ3n) is 4.46. The van der Waals surface area contributed by atoms with Gasteiger partial charge in [-0.1, -0.05) is 18.2 Å². The number of sulfone groups is 1. The maximum atomic E-state index is 12.0. The maximum absolute atomic E-state index is 12.0. The van der Waals surface area contributed by atoms with Gasteiger partial charge in [-0.25, -0.2) is 8.42 Å². The first-order valence-electron chi connectivity index (χ1n) is 8.93. The zero-order chi connectivity index (χ0) is 19.3. The van der Waals surface area contributed by atoms with E-state index < -0.39 is 9.84 Å². The topological polar surface area (TPSA) is 84.5 Å². The number of halogens is 1. The summed E-state index contributed by atoms with van der Waals surface area (Å²) in [5.74, 6) is 0.583. The predicted molar refractivity (Wildman–Crippen MR) is 110 cm³/mol. The molecule has 0 bridgehead atoms. The van der Waals surface area contributed by atoms with Gasteiger partial charge in [0.2, 0.25) is 5.91 Å². The van der Waals surface area contributed by atoms with Gasteiger partial charge in [0.15, 0.2) is 9.84 Å². The van der Waals surface area contributed by atoms with Crippen molar-refractivity contribution in [2.45, 2.75) is 37.4 Å². The Kier molecular flexibility index (Phi) is 7.86. The number of amides is 1. The molecule has 0 fully saturated rings. The normalized spacial score (nSPS) is 12.8. The first kappa shape index (κ1) is 22.2. The Hall–Kier alpha value is -2.09. The highest BCUT2D eigenvalue weighted by Gasteiger charge is 2.10. The lowest BCUT2D eigenvalue weighted by Gasteiger charge is -2.08. The summed E-state index contributed by atoms with van der Waals surface area (Å²) >= 11 is 0. The molecule has 0 aromatic heterocycles. The van der Waals surface area contributed by atoms with Crippen molar-refractivity contribution in [2.75, 3.05) is 12.9 Å². The average molecular weight is 425 g/mol. The van der Waals surface area contributed by atoms with Crippen LogP contribution in [0.1, 0.15) is 29.5 Å². The van der Waals surface area contributed by atoms with Crippen LogP contribution >= 0.6 is 12.4 Å². The van der Waals surface area contributed by atoms with Crippen LogP contribution in [0.4, 0.5) is 0 Å². The fourth-order valence-electron chi connectivity index (χ4n) is 2.95. The van der Waals surface area contributed by atoms with Crippen molar-refractivity contribution in [2.24, 2.45) is 0 Å². The minimum atomic E-state index is -3.20. The molecule has 1 amide bonds. The number of fused-ring (bicyclic) bond motifs is 1. The van der Waals surface area contributed by atoms with E-state index >= 15 is 0 Å². The lowest BCUT2D eigenvalue weighted by atomic mass is 10.1. The molecule has 1 heterocycles. The van der Waals surface area contributed by atoms with Crippen LogP contribution in [0.15, 0.2) is 47.4 Å². The van der Waals surface area contributed by atoms with Crippen LogP contribution < -0.4 is 15.4 Å². The van der Waals surface area contributed by atoms with Crippen molar-refractivity contribution in [1.82, 2.24) is 10.6 Å². The predicted octanol–water partition coefficient (Wildman–Crippen LogP) is 2.59. The Morgan fingerprint density at radius 1 is 1.11 bits per heavy atom. The minimum Gasteiger partial charge on any atom is -0.494 e. The van der Waals surface area contributed by atoms with E-state index in [0.29, 0.717) is 31.7 Å². The minimum absolute atomic E-state index is 0. The molecule has 0 saturated carbocycles. The molecule has 1 aliphatic rings. The molecule has 3 rings (SSSR count). The second-order valence-corrected chi connectivity index (χ2v) is 8.69. The molecule has 6 nitrogen and oxygen atoms in total. The molecular weight excluding hydrogens is 400 g/mol. The SMILES string of the molecule is CS(=O)(=O)c1ccc(OCCCC(=O)NCc2ccc3c(c2)CNC3)cc1.Cl. The Morgan fingerprint density at radius 3 is 2.54 bits per heavy atom. The maximum Gasteiger partial charge on any atom is 0.220 e. The Bertz CT molecular complexity index is 914. The molecule has 28 heavy (non-hydrogen) atoms. The van der Waals surface area contributed by atoms with Gasteiger partial charge in [0, 0.05) is 32.3 Å². The molecule has 0 saturated heterocycles. The highest BCUT2D eigenvalue weighted by atomic mass is 35.5. The van der Waals surface area contributed by atoms with E-state index in [2.05, 4.69) is 28.8 Å². The van der Waals surface area contributed by atoms with Crippen molar-refractivity contribution in [3.8, 4) is 5.75 Å². The second kappa shape index (κ2) is 9.91. The summed E-state index contributed by atoms with van der Waals surface area (Å²) in [4.78, 5) is 12.2. The van der Waals surface area contributed by atoms with Crippen molar-refractivity contribution >= 4 is 28.2 Å². The third kappa shape index (κ3) is 6.22. The van der Waals surface area contributed by atoms with Crippen LogP contribution in [0.5, 0.6) is 5.75 Å². The molecular formula is C20H25ClN2O4S. The van der Waals surface area contributed by atoms with Crippen LogP contribution in [0.25, 0.3) is 0 Å². The van der Waals surface area contributed by atoms with Crippen molar-refractivity contribution in [3.05, 3.63) is 59.2 Å². The summed E-state index contributed by atoms with van der Waals surface area (Å²) in [5, 5.41) is 6.24. The van der Waals surface area contributed by atoms with Crippen LogP contribution in [-0.2, 0) is 34.3 Å². The van der Waals surface area contributed by atoms with E-state index in [-0.39, 0.29) is 23.2 Å². The zero-order valence-electron chi connectivity index (χ0n) is 15.7. The lowest BCUT2D eigenvalue weighted by Crippen LogP contribution is -2.23. The quantitative estimate of drug-likeness (QED) is 0.636. The van der Waals surface area contributed by atoms with Gasteiger partial charge < -0.3 is 15.4 Å². The molecule has 0 aliphatic carbocycles. The van der Waals surface area contributed by atoms with E-state index in [0.717, 1.165) is 18.7 Å². The van der Waals surface area contributed by atoms with Crippen LogP contribution in [0.3, 0.4) is 0 Å². The molecule has 2 aromatic carbocycles. The number of ether oxygens (including phenoxy) is 1. The highest BCUT2D eigenvalue weighted by Crippen LogP contribution is 2.17. The molecule has 8 heteroatoms. The second-order valence-electron chi connectivity index (χ2n) is 6.68. The fourth-order valence-corrected chi connectivity index (χ4v) is 3.58. The molecule has 2 aromatic rings. The largest absolute Gasteiger partial charge is 0.494 e. The van der Waals surface area contributed by atoms with Crippen molar-refractivity contribution in [3.63, 3.8) is 0 Å². The first-order valence-corrected chi connectivity index (χ1v) is 10.8. The van der Waals surface area contributed by atoms with Crippen LogP contribution in [0, 0.1) is 0 Å². The molecule has 2 N–H and O–H groups in total. The van der Waals surface area contributed by atoms with Crippen LogP contribution in [0.2, 0.25) is 0 Å². The molecule has 0 atom stereocenters. The Morgan fingerprint density at radius 2 is 1.82 bits per heavy atom. The van der Waals surface area contributed by atoms with Gasteiger partial charge in [0.1, 0.15) is 5.75 Å². The molecule has 1 aliphatic heterocycles. The summed E-state index contributed by atoms with van der Waals surface area (Å²) in [7, 11) is -3.20. The number of benzene rings is 2. The van der Waals surface area contributed by atoms with Gasteiger partial charge in [-0.05, 0) is 47.4 Å². The number of carbonyl (C=O) groups is 1. The molecule has 0 unspecified atom stereocenters. The number of rotatable bonds is 8. The number of carbonyl (C=O) groups excluding carboxylic acids is 1. The smallest absolute Gasteiger partial charge is 0.220 e. The van der Waals surface area contributed by atoms with E-state index in [1.54, 1.807) is 12.1 Å². The van der Waals surface area contributed by atoms with Crippen LogP contribution in [-0.4, -0.2) is 27.2 Å². The summed E-state index contributed by atoms with van der Waals surface area (Å²) in [6, 6.07) is 12.6.